The van der Waals surface area contributed by atoms with Crippen molar-refractivity contribution in [3.05, 3.63) is 108 Å². The van der Waals surface area contributed by atoms with Crippen LogP contribution >= 0.6 is 0 Å². The smallest absolute Gasteiger partial charge is 0.419 e. The molecule has 3 aromatic carbocycles. The topological polar surface area (TPSA) is 89.8 Å². The van der Waals surface area contributed by atoms with Gasteiger partial charge >= 0.3 is 6.18 Å². The van der Waals surface area contributed by atoms with Crippen LogP contribution in [0, 0.1) is 11.3 Å². The van der Waals surface area contributed by atoms with Crippen molar-refractivity contribution in [3.63, 3.8) is 0 Å². The Kier molecular flexibility index (Phi) is 8.97. The number of alkyl halides is 3. The largest absolute Gasteiger partial charge is 0.490 e. The Hall–Kier alpha value is -4.91. The van der Waals surface area contributed by atoms with Crippen LogP contribution in [0.25, 0.3) is 22.8 Å². The zero-order chi connectivity index (χ0) is 29.4. The molecule has 5 aromatic rings. The number of rotatable bonds is 6. The molecule has 2 heterocycles. The van der Waals surface area contributed by atoms with E-state index >= 15 is 0 Å². The summed E-state index contributed by atoms with van der Waals surface area (Å²) in [6, 6.07) is 22.6. The number of nitriles is 1. The number of aromatic nitrogens is 4. The van der Waals surface area contributed by atoms with Gasteiger partial charge in [0.25, 0.3) is 5.89 Å². The van der Waals surface area contributed by atoms with Gasteiger partial charge in [0.1, 0.15) is 5.75 Å². The van der Waals surface area contributed by atoms with E-state index < -0.39 is 11.7 Å². The fourth-order valence-electron chi connectivity index (χ4n) is 4.67. The first-order valence-corrected chi connectivity index (χ1v) is 13.6. The molecule has 0 amide bonds. The minimum Gasteiger partial charge on any atom is -0.490 e. The van der Waals surface area contributed by atoms with E-state index in [-0.39, 0.29) is 23.3 Å². The monoisotopic (exact) mass is 571 g/mol. The highest BCUT2D eigenvalue weighted by atomic mass is 19.4. The Balaban J connectivity index is 0.000000382. The summed E-state index contributed by atoms with van der Waals surface area (Å²) >= 11 is 0. The van der Waals surface area contributed by atoms with E-state index in [0.717, 1.165) is 43.7 Å². The Morgan fingerprint density at radius 1 is 0.952 bits per heavy atom. The fourth-order valence-corrected chi connectivity index (χ4v) is 4.67. The molecule has 0 N–H and O–H groups in total. The lowest BCUT2D eigenvalue weighted by atomic mass is 9.97. The van der Waals surface area contributed by atoms with Crippen molar-refractivity contribution in [1.29, 1.82) is 5.26 Å². The van der Waals surface area contributed by atoms with E-state index in [0.29, 0.717) is 23.5 Å². The summed E-state index contributed by atoms with van der Waals surface area (Å²) in [6.07, 6.45) is 5.16. The van der Waals surface area contributed by atoms with Crippen molar-refractivity contribution in [2.24, 2.45) is 0 Å². The lowest BCUT2D eigenvalue weighted by molar-refractivity contribution is -0.139. The summed E-state index contributed by atoms with van der Waals surface area (Å²) in [5.74, 6) is 0.170. The Morgan fingerprint density at radius 2 is 1.69 bits per heavy atom. The second kappa shape index (κ2) is 13.2. The molecule has 42 heavy (non-hydrogen) atoms. The highest BCUT2D eigenvalue weighted by molar-refractivity contribution is 5.62. The third-order valence-electron chi connectivity index (χ3n) is 6.84. The van der Waals surface area contributed by atoms with Gasteiger partial charge in [-0.25, -0.2) is 4.98 Å². The number of imidazole rings is 1. The molecule has 0 aliphatic heterocycles. The SMILES string of the molecule is FC(F)(F)c1cc(-c2nc(-c3ccc(Cn4ccnc4)cc3)no2)ccc1OC1CCCCC1.N#Cc1ccccc1. The molecule has 214 valence electrons. The molecule has 0 radical (unpaired) electrons. The zero-order valence-electron chi connectivity index (χ0n) is 22.7. The first kappa shape index (κ1) is 28.6. The van der Waals surface area contributed by atoms with E-state index in [1.165, 1.54) is 12.1 Å². The third kappa shape index (κ3) is 7.43. The summed E-state index contributed by atoms with van der Waals surface area (Å²) in [6.45, 7) is 0.674. The van der Waals surface area contributed by atoms with E-state index in [1.807, 2.05) is 59.3 Å². The van der Waals surface area contributed by atoms with Crippen LogP contribution < -0.4 is 4.74 Å². The quantitative estimate of drug-likeness (QED) is 0.206. The van der Waals surface area contributed by atoms with E-state index in [4.69, 9.17) is 14.5 Å². The Labute approximate surface area is 241 Å². The van der Waals surface area contributed by atoms with Gasteiger partial charge in [0, 0.05) is 30.1 Å². The van der Waals surface area contributed by atoms with Crippen LogP contribution in [0.1, 0.15) is 48.8 Å². The van der Waals surface area contributed by atoms with Crippen molar-refractivity contribution < 1.29 is 22.4 Å². The molecule has 2 aromatic heterocycles. The summed E-state index contributed by atoms with van der Waals surface area (Å²) in [5, 5.41) is 12.2. The lowest BCUT2D eigenvalue weighted by Gasteiger charge is -2.25. The third-order valence-corrected chi connectivity index (χ3v) is 6.84. The fraction of sp³-hybridized carbons (Fsp3) is 0.250. The van der Waals surface area contributed by atoms with E-state index in [1.54, 1.807) is 24.7 Å². The van der Waals surface area contributed by atoms with Crippen LogP contribution in [0.2, 0.25) is 0 Å². The second-order valence-electron chi connectivity index (χ2n) is 9.92. The van der Waals surface area contributed by atoms with Crippen LogP contribution in [0.15, 0.2) is 96.0 Å². The van der Waals surface area contributed by atoms with Gasteiger partial charge in [-0.05, 0) is 61.6 Å². The summed E-state index contributed by atoms with van der Waals surface area (Å²) < 4.78 is 54.3. The average Bonchev–Trinajstić information content (AvgIpc) is 3.72. The Bertz CT molecular complexity index is 1600. The summed E-state index contributed by atoms with van der Waals surface area (Å²) in [5.41, 5.74) is 1.84. The number of nitrogens with zero attached hydrogens (tertiary/aromatic N) is 5. The van der Waals surface area contributed by atoms with Crippen LogP contribution in [-0.4, -0.2) is 25.8 Å². The number of hydrogen-bond acceptors (Lipinski definition) is 6. The normalized spacial score (nSPS) is 13.6. The molecule has 6 rings (SSSR count). The van der Waals surface area contributed by atoms with Crippen molar-refractivity contribution in [3.8, 4) is 34.7 Å². The van der Waals surface area contributed by atoms with Gasteiger partial charge in [0.2, 0.25) is 5.82 Å². The molecule has 1 aliphatic rings. The average molecular weight is 572 g/mol. The van der Waals surface area contributed by atoms with Gasteiger partial charge in [0.05, 0.1) is 29.6 Å². The number of halogens is 3. The molecule has 1 aliphatic carbocycles. The number of hydrogen-bond donors (Lipinski definition) is 0. The minimum atomic E-state index is -4.56. The number of benzene rings is 3. The van der Waals surface area contributed by atoms with E-state index in [2.05, 4.69) is 15.1 Å². The molecule has 0 saturated heterocycles. The molecule has 1 fully saturated rings. The van der Waals surface area contributed by atoms with Crippen LogP contribution in [0.4, 0.5) is 13.2 Å². The molecule has 7 nitrogen and oxygen atoms in total. The maximum Gasteiger partial charge on any atom is 0.419 e. The van der Waals surface area contributed by atoms with Crippen LogP contribution in [-0.2, 0) is 12.7 Å². The molecular weight excluding hydrogens is 543 g/mol. The van der Waals surface area contributed by atoms with Gasteiger partial charge < -0.3 is 13.8 Å². The molecule has 1 saturated carbocycles. The van der Waals surface area contributed by atoms with Crippen molar-refractivity contribution in [2.75, 3.05) is 0 Å². The highest BCUT2D eigenvalue weighted by Gasteiger charge is 2.36. The standard InChI is InChI=1S/C25H23F3N4O2.C7H5N/c26-25(27,28)21-14-19(10-11-22(21)33-20-4-2-1-3-5-20)24-30-23(31-34-24)18-8-6-17(7-9-18)15-32-13-12-29-16-32;8-6-7-4-2-1-3-5-7/h6-14,16,20H,1-5,15H2;1-5H. The first-order chi connectivity index (χ1) is 20.4. The molecular formula is C32H28F3N5O2. The maximum absolute atomic E-state index is 13.8. The molecule has 0 bridgehead atoms. The molecule has 0 spiro atoms. The molecule has 0 atom stereocenters. The van der Waals surface area contributed by atoms with Crippen LogP contribution in [0.5, 0.6) is 5.75 Å². The minimum absolute atomic E-state index is 0.0206. The van der Waals surface area contributed by atoms with Crippen LogP contribution in [0.3, 0.4) is 0 Å². The predicted molar refractivity (Wildman–Crippen MR) is 150 cm³/mol. The van der Waals surface area contributed by atoms with Crippen molar-refractivity contribution >= 4 is 0 Å². The van der Waals surface area contributed by atoms with Crippen molar-refractivity contribution in [2.45, 2.75) is 50.9 Å². The van der Waals surface area contributed by atoms with Gasteiger partial charge in [-0.2, -0.15) is 23.4 Å². The highest BCUT2D eigenvalue weighted by Crippen LogP contribution is 2.40. The van der Waals surface area contributed by atoms with E-state index in [9.17, 15) is 13.2 Å². The maximum atomic E-state index is 13.8. The second-order valence-corrected chi connectivity index (χ2v) is 9.92. The van der Waals surface area contributed by atoms with Gasteiger partial charge in [-0.3, -0.25) is 0 Å². The Morgan fingerprint density at radius 3 is 2.33 bits per heavy atom. The first-order valence-electron chi connectivity index (χ1n) is 13.6. The summed E-state index contributed by atoms with van der Waals surface area (Å²) in [4.78, 5) is 8.35. The molecule has 0 unspecified atom stereocenters. The predicted octanol–water partition coefficient (Wildman–Crippen LogP) is 7.94. The van der Waals surface area contributed by atoms with Gasteiger partial charge in [0.15, 0.2) is 0 Å². The zero-order valence-corrected chi connectivity index (χ0v) is 22.7. The summed E-state index contributed by atoms with van der Waals surface area (Å²) in [7, 11) is 0. The number of ether oxygens (including phenoxy) is 1. The molecule has 10 heteroatoms. The lowest BCUT2D eigenvalue weighted by Crippen LogP contribution is -2.21. The van der Waals surface area contributed by atoms with Crippen molar-refractivity contribution in [1.82, 2.24) is 19.7 Å². The van der Waals surface area contributed by atoms with Gasteiger partial charge in [-0.15, -0.1) is 0 Å². The van der Waals surface area contributed by atoms with Gasteiger partial charge in [-0.1, -0.05) is 54.0 Å².